The Labute approximate surface area is 165 Å². The highest BCUT2D eigenvalue weighted by molar-refractivity contribution is 9.10. The van der Waals surface area contributed by atoms with Crippen LogP contribution in [0.25, 0.3) is 11.0 Å². The van der Waals surface area contributed by atoms with Crippen molar-refractivity contribution >= 4 is 44.4 Å². The molecule has 0 aliphatic carbocycles. The van der Waals surface area contributed by atoms with E-state index in [1.54, 1.807) is 13.3 Å². The highest BCUT2D eigenvalue weighted by atomic mass is 79.9. The van der Waals surface area contributed by atoms with Gasteiger partial charge in [0, 0.05) is 18.2 Å². The van der Waals surface area contributed by atoms with Gasteiger partial charge in [-0.05, 0) is 67.4 Å². The number of nitrogens with zero attached hydrogens (tertiary/aromatic N) is 3. The second kappa shape index (κ2) is 7.64. The van der Waals surface area contributed by atoms with E-state index in [4.69, 9.17) is 0 Å². The van der Waals surface area contributed by atoms with Crippen LogP contribution in [0.5, 0.6) is 0 Å². The van der Waals surface area contributed by atoms with E-state index in [2.05, 4.69) is 36.5 Å². The van der Waals surface area contributed by atoms with Crippen LogP contribution in [-0.4, -0.2) is 27.0 Å². The smallest absolute Gasteiger partial charge is 0.251 e. The summed E-state index contributed by atoms with van der Waals surface area (Å²) in [5, 5.41) is 5.79. The third-order valence-corrected chi connectivity index (χ3v) is 4.63. The number of imidazole rings is 1. The van der Waals surface area contributed by atoms with Crippen LogP contribution in [0.2, 0.25) is 0 Å². The van der Waals surface area contributed by atoms with Gasteiger partial charge in [0.05, 0.1) is 17.5 Å². The van der Waals surface area contributed by atoms with Gasteiger partial charge in [0.2, 0.25) is 0 Å². The molecule has 0 bridgehead atoms. The highest BCUT2D eigenvalue weighted by Gasteiger charge is 2.17. The molecule has 0 fully saturated rings. The van der Waals surface area contributed by atoms with Crippen molar-refractivity contribution in [2.24, 2.45) is 0 Å². The first-order valence-electron chi connectivity index (χ1n) is 8.70. The molecule has 3 rings (SSSR count). The molecule has 6 nitrogen and oxygen atoms in total. The second-order valence-electron chi connectivity index (χ2n) is 6.54. The van der Waals surface area contributed by atoms with Crippen molar-refractivity contribution in [3.05, 3.63) is 46.1 Å². The van der Waals surface area contributed by atoms with E-state index in [0.29, 0.717) is 28.1 Å². The summed E-state index contributed by atoms with van der Waals surface area (Å²) >= 11 is 3.37. The summed E-state index contributed by atoms with van der Waals surface area (Å²) in [6.45, 7) is 8.12. The SMILES string of the molecule is CCNC(=O)c1cc(Nc2nc(Br)cc3ncn(C(C)C)c23)c(F)cc1C. The Morgan fingerprint density at radius 2 is 2.07 bits per heavy atom. The normalized spacial score (nSPS) is 11.2. The molecule has 1 amide bonds. The number of benzene rings is 1. The number of amides is 1. The number of carbonyl (C=O) groups excluding carboxylic acids is 1. The zero-order valence-electron chi connectivity index (χ0n) is 15.6. The summed E-state index contributed by atoms with van der Waals surface area (Å²) in [5.74, 6) is -0.223. The van der Waals surface area contributed by atoms with Crippen molar-refractivity contribution in [1.82, 2.24) is 19.9 Å². The summed E-state index contributed by atoms with van der Waals surface area (Å²) in [5.41, 5.74) is 2.69. The number of aromatic nitrogens is 3. The Morgan fingerprint density at radius 1 is 1.33 bits per heavy atom. The Kier molecular flexibility index (Phi) is 5.46. The molecular weight excluding hydrogens is 413 g/mol. The summed E-state index contributed by atoms with van der Waals surface area (Å²) in [6.07, 6.45) is 1.74. The first-order valence-corrected chi connectivity index (χ1v) is 9.49. The Hall–Kier alpha value is -2.48. The van der Waals surface area contributed by atoms with Crippen LogP contribution in [0.4, 0.5) is 15.9 Å². The fourth-order valence-corrected chi connectivity index (χ4v) is 3.30. The van der Waals surface area contributed by atoms with Gasteiger partial charge in [-0.25, -0.2) is 14.4 Å². The molecule has 3 aromatic rings. The van der Waals surface area contributed by atoms with Gasteiger partial charge in [-0.1, -0.05) is 0 Å². The van der Waals surface area contributed by atoms with E-state index in [-0.39, 0.29) is 17.6 Å². The van der Waals surface area contributed by atoms with Crippen LogP contribution in [0.15, 0.2) is 29.1 Å². The number of anilines is 2. The lowest BCUT2D eigenvalue weighted by Crippen LogP contribution is -2.23. The van der Waals surface area contributed by atoms with Gasteiger partial charge in [0.25, 0.3) is 5.91 Å². The Morgan fingerprint density at radius 3 is 2.74 bits per heavy atom. The minimum atomic E-state index is -0.453. The summed E-state index contributed by atoms with van der Waals surface area (Å²) in [6, 6.07) is 4.83. The fourth-order valence-electron chi connectivity index (χ4n) is 2.90. The van der Waals surface area contributed by atoms with Crippen molar-refractivity contribution in [3.63, 3.8) is 0 Å². The molecule has 0 aliphatic heterocycles. The maximum Gasteiger partial charge on any atom is 0.251 e. The predicted octanol–water partition coefficient (Wildman–Crippen LogP) is 4.72. The molecule has 0 unspecified atom stereocenters. The minimum absolute atomic E-state index is 0.160. The van der Waals surface area contributed by atoms with E-state index >= 15 is 0 Å². The minimum Gasteiger partial charge on any atom is -0.352 e. The summed E-state index contributed by atoms with van der Waals surface area (Å²) < 4.78 is 17.1. The van der Waals surface area contributed by atoms with E-state index in [1.807, 2.05) is 31.4 Å². The first kappa shape index (κ1) is 19.3. The number of rotatable bonds is 5. The van der Waals surface area contributed by atoms with Gasteiger partial charge in [-0.3, -0.25) is 4.79 Å². The van der Waals surface area contributed by atoms with Crippen LogP contribution in [-0.2, 0) is 0 Å². The molecule has 2 aromatic heterocycles. The van der Waals surface area contributed by atoms with Crippen molar-refractivity contribution in [2.45, 2.75) is 33.7 Å². The molecule has 0 saturated carbocycles. The first-order chi connectivity index (χ1) is 12.8. The van der Waals surface area contributed by atoms with Crippen LogP contribution < -0.4 is 10.6 Å². The standard InChI is InChI=1S/C19H21BrFN5O/c1-5-22-19(27)12-7-14(13(21)6-11(12)4)24-18-17-15(8-16(20)25-18)23-9-26(17)10(2)3/h6-10H,5H2,1-4H3,(H,22,27)(H,24,25). The average molecular weight is 434 g/mol. The van der Waals surface area contributed by atoms with Gasteiger partial charge in [0.15, 0.2) is 5.82 Å². The van der Waals surface area contributed by atoms with Crippen molar-refractivity contribution in [3.8, 4) is 0 Å². The lowest BCUT2D eigenvalue weighted by molar-refractivity contribution is 0.0955. The summed E-state index contributed by atoms with van der Waals surface area (Å²) in [4.78, 5) is 21.1. The number of halogens is 2. The van der Waals surface area contributed by atoms with Crippen LogP contribution in [0.3, 0.4) is 0 Å². The molecular formula is C19H21BrFN5O. The molecule has 0 atom stereocenters. The molecule has 0 radical (unpaired) electrons. The Bertz CT molecular complexity index is 1010. The van der Waals surface area contributed by atoms with Gasteiger partial charge < -0.3 is 15.2 Å². The molecule has 27 heavy (non-hydrogen) atoms. The van der Waals surface area contributed by atoms with Crippen molar-refractivity contribution in [2.75, 3.05) is 11.9 Å². The zero-order chi connectivity index (χ0) is 19.7. The third-order valence-electron chi connectivity index (χ3n) is 4.23. The predicted molar refractivity (Wildman–Crippen MR) is 108 cm³/mol. The van der Waals surface area contributed by atoms with Gasteiger partial charge in [-0.2, -0.15) is 0 Å². The highest BCUT2D eigenvalue weighted by Crippen LogP contribution is 2.30. The van der Waals surface area contributed by atoms with E-state index in [1.165, 1.54) is 12.1 Å². The number of nitrogens with one attached hydrogen (secondary N) is 2. The molecule has 2 N–H and O–H groups in total. The van der Waals surface area contributed by atoms with Gasteiger partial charge >= 0.3 is 0 Å². The summed E-state index contributed by atoms with van der Waals surface area (Å²) in [7, 11) is 0. The van der Waals surface area contributed by atoms with Crippen LogP contribution in [0.1, 0.15) is 42.7 Å². The number of aryl methyl sites for hydroxylation is 1. The largest absolute Gasteiger partial charge is 0.352 e. The van der Waals surface area contributed by atoms with Crippen molar-refractivity contribution in [1.29, 1.82) is 0 Å². The quantitative estimate of drug-likeness (QED) is 0.571. The van der Waals surface area contributed by atoms with Crippen LogP contribution in [0, 0.1) is 12.7 Å². The second-order valence-corrected chi connectivity index (χ2v) is 7.35. The fraction of sp³-hybridized carbons (Fsp3) is 0.316. The molecule has 2 heterocycles. The topological polar surface area (TPSA) is 71.8 Å². The Balaban J connectivity index is 2.11. The van der Waals surface area contributed by atoms with E-state index in [9.17, 15) is 9.18 Å². The van der Waals surface area contributed by atoms with Gasteiger partial charge in [0.1, 0.15) is 15.9 Å². The lowest BCUT2D eigenvalue weighted by Gasteiger charge is -2.15. The molecule has 0 saturated heterocycles. The number of carbonyl (C=O) groups is 1. The number of pyridine rings is 1. The molecule has 0 spiro atoms. The third kappa shape index (κ3) is 3.80. The van der Waals surface area contributed by atoms with Crippen molar-refractivity contribution < 1.29 is 9.18 Å². The molecule has 0 aliphatic rings. The van der Waals surface area contributed by atoms with E-state index < -0.39 is 5.82 Å². The lowest BCUT2D eigenvalue weighted by atomic mass is 10.1. The average Bonchev–Trinajstić information content (AvgIpc) is 3.01. The molecule has 142 valence electrons. The zero-order valence-corrected chi connectivity index (χ0v) is 17.2. The number of hydrogen-bond acceptors (Lipinski definition) is 4. The maximum absolute atomic E-state index is 14.6. The monoisotopic (exact) mass is 433 g/mol. The number of fused-ring (bicyclic) bond motifs is 1. The number of hydrogen-bond donors (Lipinski definition) is 2. The maximum atomic E-state index is 14.6. The molecule has 8 heteroatoms. The van der Waals surface area contributed by atoms with Gasteiger partial charge in [-0.15, -0.1) is 0 Å². The van der Waals surface area contributed by atoms with E-state index in [0.717, 1.165) is 11.0 Å². The van der Waals surface area contributed by atoms with Crippen LogP contribution >= 0.6 is 15.9 Å². The molecule has 1 aromatic carbocycles.